The van der Waals surface area contributed by atoms with Crippen molar-refractivity contribution in [3.05, 3.63) is 63.3 Å². The normalized spacial score (nSPS) is 14.8. The van der Waals surface area contributed by atoms with Gasteiger partial charge in [0.2, 0.25) is 0 Å². The van der Waals surface area contributed by atoms with Gasteiger partial charge in [0.25, 0.3) is 0 Å². The molecule has 1 N–H and O–H groups in total. The van der Waals surface area contributed by atoms with Crippen molar-refractivity contribution >= 4 is 29.0 Å². The van der Waals surface area contributed by atoms with Crippen LogP contribution in [0.15, 0.2) is 42.0 Å². The summed E-state index contributed by atoms with van der Waals surface area (Å²) in [5.74, 6) is 0. The molecule has 0 spiro atoms. The Morgan fingerprint density at radius 1 is 1.20 bits per heavy atom. The van der Waals surface area contributed by atoms with Crippen molar-refractivity contribution in [3.8, 4) is 5.69 Å². The molecular formula is C21H25ClN6OS. The second-order valence-corrected chi connectivity index (χ2v) is 8.66. The van der Waals surface area contributed by atoms with Crippen LogP contribution in [-0.4, -0.2) is 56.8 Å². The van der Waals surface area contributed by atoms with Crippen LogP contribution < -0.4 is 5.32 Å². The van der Waals surface area contributed by atoms with E-state index in [0.29, 0.717) is 11.6 Å². The number of nitrogens with zero attached hydrogens (tertiary/aromatic N) is 5. The monoisotopic (exact) mass is 444 g/mol. The summed E-state index contributed by atoms with van der Waals surface area (Å²) < 4.78 is 1.78. The standard InChI is InChI=1S/C21H25ClN6OS/c1-2-20-25-18(15-30-20)14-26-7-9-27(10-8-26)21(29)23-11-16-12-24-28(13-16)19-5-3-17(22)4-6-19/h3-6,12-13,15H,2,7-11,14H2,1H3,(H,23,29). The van der Waals surface area contributed by atoms with Crippen LogP contribution >= 0.6 is 22.9 Å². The molecule has 30 heavy (non-hydrogen) atoms. The van der Waals surface area contributed by atoms with Gasteiger partial charge >= 0.3 is 6.03 Å². The van der Waals surface area contributed by atoms with Gasteiger partial charge in [0.1, 0.15) is 0 Å². The molecule has 0 aliphatic carbocycles. The van der Waals surface area contributed by atoms with E-state index < -0.39 is 0 Å². The first-order valence-corrected chi connectivity index (χ1v) is 11.3. The molecule has 3 aromatic rings. The molecule has 3 heterocycles. The third-order valence-electron chi connectivity index (χ3n) is 5.12. The zero-order valence-corrected chi connectivity index (χ0v) is 18.5. The van der Waals surface area contributed by atoms with Gasteiger partial charge in [-0.15, -0.1) is 11.3 Å². The molecule has 1 aliphatic heterocycles. The lowest BCUT2D eigenvalue weighted by Gasteiger charge is -2.34. The van der Waals surface area contributed by atoms with Crippen molar-refractivity contribution < 1.29 is 4.79 Å². The lowest BCUT2D eigenvalue weighted by atomic mass is 10.3. The molecule has 0 bridgehead atoms. The molecule has 0 unspecified atom stereocenters. The molecular weight excluding hydrogens is 420 g/mol. The summed E-state index contributed by atoms with van der Waals surface area (Å²) in [5, 5.41) is 11.4. The molecule has 0 saturated carbocycles. The van der Waals surface area contributed by atoms with Gasteiger partial charge in [-0.2, -0.15) is 5.10 Å². The minimum absolute atomic E-state index is 0.0316. The van der Waals surface area contributed by atoms with Gasteiger partial charge in [0.05, 0.1) is 22.6 Å². The molecule has 1 saturated heterocycles. The molecule has 1 fully saturated rings. The Morgan fingerprint density at radius 2 is 1.97 bits per heavy atom. The smallest absolute Gasteiger partial charge is 0.317 e. The fraction of sp³-hybridized carbons (Fsp3) is 0.381. The number of aryl methyl sites for hydroxylation is 1. The van der Waals surface area contributed by atoms with E-state index in [1.807, 2.05) is 35.4 Å². The van der Waals surface area contributed by atoms with E-state index in [1.54, 1.807) is 22.2 Å². The number of benzene rings is 1. The second-order valence-electron chi connectivity index (χ2n) is 7.28. The summed E-state index contributed by atoms with van der Waals surface area (Å²) in [4.78, 5) is 21.4. The molecule has 158 valence electrons. The maximum absolute atomic E-state index is 12.5. The fourth-order valence-corrected chi connectivity index (χ4v) is 4.26. The SMILES string of the molecule is CCc1nc(CN2CCN(C(=O)NCc3cnn(-c4ccc(Cl)cc4)c3)CC2)cs1. The number of urea groups is 1. The minimum Gasteiger partial charge on any atom is -0.334 e. The summed E-state index contributed by atoms with van der Waals surface area (Å²) in [6.45, 7) is 6.60. The van der Waals surface area contributed by atoms with Crippen LogP contribution in [0.1, 0.15) is 23.2 Å². The van der Waals surface area contributed by atoms with Gasteiger partial charge in [-0.05, 0) is 30.7 Å². The number of hydrogen-bond donors (Lipinski definition) is 1. The first-order valence-electron chi connectivity index (χ1n) is 10.1. The number of halogens is 1. The van der Waals surface area contributed by atoms with E-state index in [2.05, 4.69) is 32.6 Å². The van der Waals surface area contributed by atoms with Crippen molar-refractivity contribution in [2.45, 2.75) is 26.4 Å². The van der Waals surface area contributed by atoms with E-state index in [0.717, 1.165) is 56.1 Å². The van der Waals surface area contributed by atoms with Gasteiger partial charge in [0, 0.05) is 61.4 Å². The average Bonchev–Trinajstić information content (AvgIpc) is 3.42. The first kappa shape index (κ1) is 20.8. The Kier molecular flexibility index (Phi) is 6.66. The van der Waals surface area contributed by atoms with Gasteiger partial charge < -0.3 is 10.2 Å². The van der Waals surface area contributed by atoms with E-state index in [9.17, 15) is 4.79 Å². The van der Waals surface area contributed by atoms with E-state index >= 15 is 0 Å². The minimum atomic E-state index is -0.0316. The van der Waals surface area contributed by atoms with E-state index in [4.69, 9.17) is 11.6 Å². The number of piperazine rings is 1. The molecule has 7 nitrogen and oxygen atoms in total. The Hall–Kier alpha value is -2.42. The van der Waals surface area contributed by atoms with Crippen LogP contribution in [0.5, 0.6) is 0 Å². The number of carbonyl (C=O) groups is 1. The van der Waals surface area contributed by atoms with Crippen LogP contribution in [0.2, 0.25) is 5.02 Å². The largest absolute Gasteiger partial charge is 0.334 e. The number of amides is 2. The number of nitrogens with one attached hydrogen (secondary N) is 1. The van der Waals surface area contributed by atoms with Gasteiger partial charge in [-0.3, -0.25) is 4.90 Å². The van der Waals surface area contributed by atoms with Crippen molar-refractivity contribution in [1.29, 1.82) is 0 Å². The average molecular weight is 445 g/mol. The third-order valence-corrected chi connectivity index (χ3v) is 6.41. The molecule has 1 aliphatic rings. The van der Waals surface area contributed by atoms with E-state index in [-0.39, 0.29) is 6.03 Å². The highest BCUT2D eigenvalue weighted by atomic mass is 35.5. The highest BCUT2D eigenvalue weighted by Gasteiger charge is 2.21. The van der Waals surface area contributed by atoms with Gasteiger partial charge in [-0.1, -0.05) is 18.5 Å². The van der Waals surface area contributed by atoms with Gasteiger partial charge in [0.15, 0.2) is 0 Å². The summed E-state index contributed by atoms with van der Waals surface area (Å²) >= 11 is 7.66. The van der Waals surface area contributed by atoms with Crippen LogP contribution in [0.4, 0.5) is 4.79 Å². The molecule has 4 rings (SSSR count). The van der Waals surface area contributed by atoms with Crippen LogP contribution in [0.25, 0.3) is 5.69 Å². The highest BCUT2D eigenvalue weighted by molar-refractivity contribution is 7.09. The summed E-state index contributed by atoms with van der Waals surface area (Å²) in [5.41, 5.74) is 3.01. The Morgan fingerprint density at radius 3 is 2.67 bits per heavy atom. The first-order chi connectivity index (χ1) is 14.6. The number of aromatic nitrogens is 3. The third kappa shape index (κ3) is 5.19. The predicted octanol–water partition coefficient (Wildman–Crippen LogP) is 3.57. The Balaban J connectivity index is 1.23. The molecule has 1 aromatic carbocycles. The topological polar surface area (TPSA) is 66.3 Å². The molecule has 0 atom stereocenters. The van der Waals surface area contributed by atoms with Gasteiger partial charge in [-0.25, -0.2) is 14.5 Å². The zero-order valence-electron chi connectivity index (χ0n) is 16.9. The molecule has 9 heteroatoms. The number of rotatable bonds is 6. The quantitative estimate of drug-likeness (QED) is 0.631. The summed E-state index contributed by atoms with van der Waals surface area (Å²) in [7, 11) is 0. The molecule has 0 radical (unpaired) electrons. The molecule has 2 aromatic heterocycles. The maximum atomic E-state index is 12.5. The highest BCUT2D eigenvalue weighted by Crippen LogP contribution is 2.15. The van der Waals surface area contributed by atoms with Crippen molar-refractivity contribution in [1.82, 2.24) is 29.9 Å². The number of hydrogen-bond acceptors (Lipinski definition) is 5. The van der Waals surface area contributed by atoms with Crippen molar-refractivity contribution in [2.24, 2.45) is 0 Å². The Labute approximate surface area is 185 Å². The van der Waals surface area contributed by atoms with E-state index in [1.165, 1.54) is 5.01 Å². The second kappa shape index (κ2) is 9.59. The fourth-order valence-electron chi connectivity index (χ4n) is 3.40. The predicted molar refractivity (Wildman–Crippen MR) is 119 cm³/mol. The lowest BCUT2D eigenvalue weighted by Crippen LogP contribution is -2.51. The zero-order chi connectivity index (χ0) is 20.9. The van der Waals surface area contributed by atoms with Crippen LogP contribution in [0, 0.1) is 0 Å². The van der Waals surface area contributed by atoms with Crippen molar-refractivity contribution in [3.63, 3.8) is 0 Å². The lowest BCUT2D eigenvalue weighted by molar-refractivity contribution is 0.134. The number of thiazole rings is 1. The number of carbonyl (C=O) groups excluding carboxylic acids is 1. The van der Waals surface area contributed by atoms with Crippen molar-refractivity contribution in [2.75, 3.05) is 26.2 Å². The van der Waals surface area contributed by atoms with Crippen LogP contribution in [0.3, 0.4) is 0 Å². The Bertz CT molecular complexity index is 978. The molecule has 2 amide bonds. The maximum Gasteiger partial charge on any atom is 0.317 e. The summed E-state index contributed by atoms with van der Waals surface area (Å²) in [6, 6.07) is 7.45. The van der Waals surface area contributed by atoms with Crippen LogP contribution in [-0.2, 0) is 19.5 Å². The summed E-state index contributed by atoms with van der Waals surface area (Å²) in [6.07, 6.45) is 4.67.